The Kier molecular flexibility index (Phi) is 6.20. The van der Waals surface area contributed by atoms with Crippen molar-refractivity contribution in [2.45, 2.75) is 45.2 Å². The second-order valence-corrected chi connectivity index (χ2v) is 6.78. The average Bonchev–Trinajstić information content (AvgIpc) is 2.54. The number of ether oxygens (including phenoxy) is 1. The molecule has 1 aromatic rings. The topological polar surface area (TPSA) is 71.5 Å². The van der Waals surface area contributed by atoms with Crippen molar-refractivity contribution >= 4 is 34.4 Å². The number of carbonyl (C=O) groups is 2. The zero-order valence-electron chi connectivity index (χ0n) is 13.6. The third kappa shape index (κ3) is 4.33. The maximum Gasteiger partial charge on any atom is 0.270 e. The number of hydrogen-bond donors (Lipinski definition) is 1. The molecule has 126 valence electrons. The number of likely N-dealkylation sites (tertiary alicyclic amines) is 1. The lowest BCUT2D eigenvalue weighted by Gasteiger charge is -2.35. The number of amides is 2. The predicted molar refractivity (Wildman–Crippen MR) is 95.5 cm³/mol. The van der Waals surface area contributed by atoms with Crippen LogP contribution in [-0.2, 0) is 4.79 Å². The molecule has 1 aliphatic rings. The Morgan fingerprint density at radius 1 is 1.43 bits per heavy atom. The molecule has 0 bridgehead atoms. The van der Waals surface area contributed by atoms with E-state index in [0.29, 0.717) is 9.45 Å². The van der Waals surface area contributed by atoms with Gasteiger partial charge in [0.2, 0.25) is 5.91 Å². The molecule has 0 saturated carbocycles. The molecule has 1 aromatic heterocycles. The van der Waals surface area contributed by atoms with Crippen molar-refractivity contribution in [3.8, 4) is 5.75 Å². The summed E-state index contributed by atoms with van der Waals surface area (Å²) >= 11 is 2.01. The van der Waals surface area contributed by atoms with Gasteiger partial charge in [-0.2, -0.15) is 0 Å². The largest absolute Gasteiger partial charge is 0.494 e. The molecule has 0 spiro atoms. The van der Waals surface area contributed by atoms with Crippen LogP contribution < -0.4 is 10.1 Å². The Bertz CT molecular complexity index is 594. The zero-order valence-corrected chi connectivity index (χ0v) is 15.8. The van der Waals surface area contributed by atoms with Gasteiger partial charge in [-0.05, 0) is 67.8 Å². The van der Waals surface area contributed by atoms with E-state index in [2.05, 4.69) is 17.2 Å². The van der Waals surface area contributed by atoms with Crippen LogP contribution in [0.15, 0.2) is 12.1 Å². The van der Waals surface area contributed by atoms with Gasteiger partial charge in [-0.3, -0.25) is 9.59 Å². The molecule has 2 rings (SSSR count). The molecule has 2 unspecified atom stereocenters. The number of nitrogens with zero attached hydrogens (tertiary/aromatic N) is 2. The maximum atomic E-state index is 12.5. The van der Waals surface area contributed by atoms with Crippen LogP contribution in [0.5, 0.6) is 5.75 Å². The van der Waals surface area contributed by atoms with Gasteiger partial charge in [-0.15, -0.1) is 0 Å². The van der Waals surface area contributed by atoms with Crippen molar-refractivity contribution in [1.82, 2.24) is 15.2 Å². The van der Waals surface area contributed by atoms with Gasteiger partial charge in [0.25, 0.3) is 5.91 Å². The van der Waals surface area contributed by atoms with Crippen LogP contribution in [0.3, 0.4) is 0 Å². The smallest absolute Gasteiger partial charge is 0.270 e. The van der Waals surface area contributed by atoms with Crippen LogP contribution in [0.25, 0.3) is 0 Å². The summed E-state index contributed by atoms with van der Waals surface area (Å²) in [6.07, 6.45) is 3.19. The molecule has 0 aliphatic carbocycles. The van der Waals surface area contributed by atoms with Crippen molar-refractivity contribution in [3.05, 3.63) is 21.5 Å². The second kappa shape index (κ2) is 7.94. The highest BCUT2D eigenvalue weighted by Crippen LogP contribution is 2.19. The lowest BCUT2D eigenvalue weighted by Crippen LogP contribution is -2.51. The van der Waals surface area contributed by atoms with Crippen LogP contribution in [0.2, 0.25) is 0 Å². The standard InChI is InChI=1S/C16H22IN3O3/c1-10-6-4-5-9-20(10)16(22)11(2)18-15(21)12-7-8-13(23-3)14(17)19-12/h7-8,10-11H,4-6,9H2,1-3H3,(H,18,21). The molecule has 0 radical (unpaired) electrons. The molecule has 2 heterocycles. The van der Waals surface area contributed by atoms with E-state index in [1.807, 2.05) is 27.5 Å². The molecule has 2 amide bonds. The molecular formula is C16H22IN3O3. The highest BCUT2D eigenvalue weighted by atomic mass is 127. The third-order valence-corrected chi connectivity index (χ3v) is 4.84. The van der Waals surface area contributed by atoms with Crippen LogP contribution >= 0.6 is 22.6 Å². The van der Waals surface area contributed by atoms with Crippen LogP contribution in [-0.4, -0.2) is 47.4 Å². The summed E-state index contributed by atoms with van der Waals surface area (Å²) in [5, 5.41) is 2.74. The van der Waals surface area contributed by atoms with Gasteiger partial charge in [-0.25, -0.2) is 4.98 Å². The molecule has 2 atom stereocenters. The molecule has 6 nitrogen and oxygen atoms in total. The summed E-state index contributed by atoms with van der Waals surface area (Å²) in [6.45, 7) is 4.54. The van der Waals surface area contributed by atoms with E-state index in [1.165, 1.54) is 0 Å². The molecule has 1 fully saturated rings. The summed E-state index contributed by atoms with van der Waals surface area (Å²) in [4.78, 5) is 30.9. The number of hydrogen-bond acceptors (Lipinski definition) is 4. The summed E-state index contributed by atoms with van der Waals surface area (Å²) in [6, 6.07) is 2.96. The summed E-state index contributed by atoms with van der Waals surface area (Å²) < 4.78 is 5.74. The number of rotatable bonds is 4. The van der Waals surface area contributed by atoms with E-state index in [1.54, 1.807) is 26.2 Å². The molecule has 1 aliphatic heterocycles. The summed E-state index contributed by atoms with van der Waals surface area (Å²) in [7, 11) is 1.56. The average molecular weight is 431 g/mol. The lowest BCUT2D eigenvalue weighted by atomic mass is 10.0. The maximum absolute atomic E-state index is 12.5. The van der Waals surface area contributed by atoms with Crippen molar-refractivity contribution in [2.24, 2.45) is 0 Å². The van der Waals surface area contributed by atoms with Crippen LogP contribution in [0, 0.1) is 3.70 Å². The zero-order chi connectivity index (χ0) is 17.0. The Balaban J connectivity index is 2.01. The fourth-order valence-corrected chi connectivity index (χ4v) is 3.37. The minimum absolute atomic E-state index is 0.0336. The van der Waals surface area contributed by atoms with E-state index >= 15 is 0 Å². The van der Waals surface area contributed by atoms with Gasteiger partial charge in [-0.1, -0.05) is 0 Å². The first kappa shape index (κ1) is 18.0. The lowest BCUT2D eigenvalue weighted by molar-refractivity contribution is -0.136. The molecule has 1 saturated heterocycles. The predicted octanol–water partition coefficient (Wildman–Crippen LogP) is 2.21. The summed E-state index contributed by atoms with van der Waals surface area (Å²) in [5.41, 5.74) is 0.279. The monoisotopic (exact) mass is 431 g/mol. The van der Waals surface area contributed by atoms with Crippen molar-refractivity contribution in [3.63, 3.8) is 0 Å². The summed E-state index contributed by atoms with van der Waals surface area (Å²) in [5.74, 6) is 0.234. The van der Waals surface area contributed by atoms with Gasteiger partial charge < -0.3 is 15.0 Å². The molecular weight excluding hydrogens is 409 g/mol. The number of nitrogens with one attached hydrogen (secondary N) is 1. The van der Waals surface area contributed by atoms with Gasteiger partial charge in [0.15, 0.2) is 5.75 Å². The second-order valence-electron chi connectivity index (χ2n) is 5.76. The molecule has 7 heteroatoms. The van der Waals surface area contributed by atoms with Crippen molar-refractivity contribution in [1.29, 1.82) is 0 Å². The highest BCUT2D eigenvalue weighted by molar-refractivity contribution is 14.1. The normalized spacial score (nSPS) is 19.1. The van der Waals surface area contributed by atoms with Crippen molar-refractivity contribution in [2.75, 3.05) is 13.7 Å². The van der Waals surface area contributed by atoms with Gasteiger partial charge in [0, 0.05) is 12.6 Å². The number of carbonyl (C=O) groups excluding carboxylic acids is 2. The Hall–Kier alpha value is -1.38. The highest BCUT2D eigenvalue weighted by Gasteiger charge is 2.28. The van der Waals surface area contributed by atoms with Gasteiger partial charge in [0.1, 0.15) is 15.4 Å². The number of halogens is 1. The minimum atomic E-state index is -0.565. The molecule has 23 heavy (non-hydrogen) atoms. The van der Waals surface area contributed by atoms with Gasteiger partial charge >= 0.3 is 0 Å². The fourth-order valence-electron chi connectivity index (χ4n) is 2.71. The number of methoxy groups -OCH3 is 1. The molecule has 0 aromatic carbocycles. The van der Waals surface area contributed by atoms with Crippen LogP contribution in [0.4, 0.5) is 0 Å². The fraction of sp³-hybridized carbons (Fsp3) is 0.562. The van der Waals surface area contributed by atoms with E-state index in [0.717, 1.165) is 25.8 Å². The van der Waals surface area contributed by atoms with E-state index in [9.17, 15) is 9.59 Å². The first-order valence-corrected chi connectivity index (χ1v) is 8.83. The third-order valence-electron chi connectivity index (χ3n) is 4.07. The number of piperidine rings is 1. The Labute approximate surface area is 150 Å². The van der Waals surface area contributed by atoms with Crippen LogP contribution in [0.1, 0.15) is 43.6 Å². The van der Waals surface area contributed by atoms with E-state index in [4.69, 9.17) is 4.74 Å². The first-order valence-electron chi connectivity index (χ1n) is 7.76. The van der Waals surface area contributed by atoms with E-state index in [-0.39, 0.29) is 23.6 Å². The minimum Gasteiger partial charge on any atom is -0.494 e. The molecule has 1 N–H and O–H groups in total. The SMILES string of the molecule is COc1ccc(C(=O)NC(C)C(=O)N2CCCCC2C)nc1I. The number of pyridine rings is 1. The first-order chi connectivity index (χ1) is 10.9. The number of aromatic nitrogens is 1. The van der Waals surface area contributed by atoms with Crippen molar-refractivity contribution < 1.29 is 14.3 Å². The Morgan fingerprint density at radius 2 is 2.17 bits per heavy atom. The Morgan fingerprint density at radius 3 is 2.78 bits per heavy atom. The van der Waals surface area contributed by atoms with Gasteiger partial charge in [0.05, 0.1) is 7.11 Å². The quantitative estimate of drug-likeness (QED) is 0.587. The van der Waals surface area contributed by atoms with E-state index < -0.39 is 6.04 Å².